The highest BCUT2D eigenvalue weighted by Crippen LogP contribution is 2.38. The number of nitrogens with zero attached hydrogens (tertiary/aromatic N) is 4. The summed E-state index contributed by atoms with van der Waals surface area (Å²) in [6, 6.07) is 8.13. The molecule has 4 aromatic rings. The van der Waals surface area contributed by atoms with Crippen LogP contribution < -0.4 is 5.32 Å². The van der Waals surface area contributed by atoms with Crippen LogP contribution >= 0.6 is 50.4 Å². The number of hydrogen-bond donors (Lipinski definition) is 1. The van der Waals surface area contributed by atoms with Crippen molar-refractivity contribution in [2.75, 3.05) is 11.1 Å². The number of anilines is 1. The topological polar surface area (TPSA) is 80.7 Å². The summed E-state index contributed by atoms with van der Waals surface area (Å²) in [5.74, 6) is 0.393. The summed E-state index contributed by atoms with van der Waals surface area (Å²) in [4.78, 5) is 22.1. The third-order valence-electron chi connectivity index (χ3n) is 4.01. The molecule has 3 heterocycles. The molecule has 10 heteroatoms. The summed E-state index contributed by atoms with van der Waals surface area (Å²) >= 11 is 7.85. The summed E-state index contributed by atoms with van der Waals surface area (Å²) in [6.45, 7) is 4.10. The summed E-state index contributed by atoms with van der Waals surface area (Å²) in [5, 5.41) is 16.2. The fraction of sp³-hybridized carbons (Fsp3) is 0.211. The first-order valence-electron chi connectivity index (χ1n) is 8.75. The lowest BCUT2D eigenvalue weighted by Gasteiger charge is -2.05. The van der Waals surface area contributed by atoms with Gasteiger partial charge >= 0.3 is 0 Å². The normalized spacial score (nSPS) is 11.3. The predicted octanol–water partition coefficient (Wildman–Crippen LogP) is 5.83. The Morgan fingerprint density at radius 3 is 2.72 bits per heavy atom. The lowest BCUT2D eigenvalue weighted by atomic mass is 10.1. The fourth-order valence-corrected chi connectivity index (χ4v) is 5.43. The fourth-order valence-electron chi connectivity index (χ4n) is 2.61. The van der Waals surface area contributed by atoms with Gasteiger partial charge in [-0.15, -0.1) is 21.5 Å². The highest BCUT2D eigenvalue weighted by molar-refractivity contribution is 9.10. The molecular weight excluding hydrogens is 490 g/mol. The number of thiophene rings is 1. The van der Waals surface area contributed by atoms with Crippen LogP contribution in [0.2, 0.25) is 0 Å². The molecule has 3 aromatic heterocycles. The van der Waals surface area contributed by atoms with E-state index in [9.17, 15) is 4.79 Å². The van der Waals surface area contributed by atoms with E-state index in [2.05, 4.69) is 58.9 Å². The first kappa shape index (κ1) is 20.4. The second-order valence-corrected chi connectivity index (χ2v) is 10.2. The molecule has 0 saturated heterocycles. The molecule has 0 unspecified atom stereocenters. The summed E-state index contributed by atoms with van der Waals surface area (Å²) < 4.78 is 1.03. The van der Waals surface area contributed by atoms with Gasteiger partial charge in [0, 0.05) is 21.3 Å². The Labute approximate surface area is 188 Å². The van der Waals surface area contributed by atoms with Crippen LogP contribution in [0.3, 0.4) is 0 Å². The minimum atomic E-state index is -0.131. The van der Waals surface area contributed by atoms with Crippen LogP contribution in [0, 0.1) is 0 Å². The minimum absolute atomic E-state index is 0.131. The maximum absolute atomic E-state index is 12.4. The Morgan fingerprint density at radius 1 is 1.21 bits per heavy atom. The van der Waals surface area contributed by atoms with E-state index in [-0.39, 0.29) is 17.6 Å². The molecule has 148 valence electrons. The number of carbonyl (C=O) groups excluding carboxylic acids is 1. The zero-order valence-corrected chi connectivity index (χ0v) is 19.6. The minimum Gasteiger partial charge on any atom is -0.300 e. The zero-order valence-electron chi connectivity index (χ0n) is 15.5. The van der Waals surface area contributed by atoms with Gasteiger partial charge in [0.25, 0.3) is 0 Å². The van der Waals surface area contributed by atoms with Crippen LogP contribution in [-0.2, 0) is 4.79 Å². The number of aromatic nitrogens is 4. The van der Waals surface area contributed by atoms with Crippen LogP contribution in [0.1, 0.15) is 24.8 Å². The summed E-state index contributed by atoms with van der Waals surface area (Å²) in [6.07, 6.45) is 1.55. The molecule has 0 aliphatic rings. The summed E-state index contributed by atoms with van der Waals surface area (Å²) in [5.41, 5.74) is 2.17. The van der Waals surface area contributed by atoms with Crippen molar-refractivity contribution in [3.05, 3.63) is 45.5 Å². The first-order valence-corrected chi connectivity index (χ1v) is 12.2. The predicted molar refractivity (Wildman–Crippen MR) is 124 cm³/mol. The van der Waals surface area contributed by atoms with Gasteiger partial charge in [0.2, 0.25) is 11.0 Å². The lowest BCUT2D eigenvalue weighted by molar-refractivity contribution is -0.113. The number of halogens is 1. The van der Waals surface area contributed by atoms with Crippen LogP contribution in [0.15, 0.2) is 45.5 Å². The van der Waals surface area contributed by atoms with Gasteiger partial charge in [-0.1, -0.05) is 65.0 Å². The number of amides is 1. The lowest BCUT2D eigenvalue weighted by Crippen LogP contribution is -2.14. The van der Waals surface area contributed by atoms with Gasteiger partial charge < -0.3 is 0 Å². The molecule has 1 N–H and O–H groups in total. The van der Waals surface area contributed by atoms with Gasteiger partial charge in [0.1, 0.15) is 21.2 Å². The molecule has 29 heavy (non-hydrogen) atoms. The van der Waals surface area contributed by atoms with E-state index in [4.69, 9.17) is 0 Å². The maximum Gasteiger partial charge on any atom is 0.236 e. The van der Waals surface area contributed by atoms with Crippen LogP contribution in [0.25, 0.3) is 21.3 Å². The van der Waals surface area contributed by atoms with E-state index in [0.717, 1.165) is 35.8 Å². The van der Waals surface area contributed by atoms with Crippen molar-refractivity contribution in [1.82, 2.24) is 20.2 Å². The molecule has 0 radical (unpaired) electrons. The molecule has 0 saturated carbocycles. The largest absolute Gasteiger partial charge is 0.300 e. The Bertz CT molecular complexity index is 1160. The number of benzene rings is 1. The Balaban J connectivity index is 1.52. The van der Waals surface area contributed by atoms with Gasteiger partial charge in [0.15, 0.2) is 0 Å². The van der Waals surface area contributed by atoms with Crippen molar-refractivity contribution >= 4 is 71.6 Å². The number of hydrogen-bond acceptors (Lipinski definition) is 8. The van der Waals surface area contributed by atoms with Crippen LogP contribution in [0.4, 0.5) is 5.13 Å². The Morgan fingerprint density at radius 2 is 2.00 bits per heavy atom. The van der Waals surface area contributed by atoms with Crippen molar-refractivity contribution in [1.29, 1.82) is 0 Å². The van der Waals surface area contributed by atoms with E-state index in [1.807, 2.05) is 26.0 Å². The van der Waals surface area contributed by atoms with Crippen LogP contribution in [-0.4, -0.2) is 31.8 Å². The van der Waals surface area contributed by atoms with Gasteiger partial charge in [-0.25, -0.2) is 9.97 Å². The quantitative estimate of drug-likeness (QED) is 0.262. The number of rotatable bonds is 6. The van der Waals surface area contributed by atoms with Gasteiger partial charge in [-0.05, 0) is 17.7 Å². The Kier molecular flexibility index (Phi) is 6.23. The second kappa shape index (κ2) is 8.86. The molecule has 0 spiro atoms. The highest BCUT2D eigenvalue weighted by Gasteiger charge is 2.16. The average molecular weight is 506 g/mol. The third kappa shape index (κ3) is 4.66. The number of fused-ring (bicyclic) bond motifs is 1. The van der Waals surface area contributed by atoms with Crippen molar-refractivity contribution in [2.24, 2.45) is 0 Å². The number of carbonyl (C=O) groups is 1. The molecule has 4 rings (SSSR count). The van der Waals surface area contributed by atoms with E-state index in [1.165, 1.54) is 23.1 Å². The van der Waals surface area contributed by atoms with E-state index >= 15 is 0 Å². The van der Waals surface area contributed by atoms with Crippen molar-refractivity contribution in [3.8, 4) is 11.1 Å². The van der Waals surface area contributed by atoms with Crippen molar-refractivity contribution in [3.63, 3.8) is 0 Å². The maximum atomic E-state index is 12.4. The Hall–Kier alpha value is -1.88. The average Bonchev–Trinajstić information content (AvgIpc) is 3.34. The molecular formula is C19H16BrN5OS3. The molecule has 1 amide bonds. The molecule has 0 fully saturated rings. The zero-order chi connectivity index (χ0) is 20.4. The van der Waals surface area contributed by atoms with E-state index in [0.29, 0.717) is 5.13 Å². The highest BCUT2D eigenvalue weighted by atomic mass is 79.9. The van der Waals surface area contributed by atoms with Gasteiger partial charge in [-0.2, -0.15) is 0 Å². The third-order valence-corrected chi connectivity index (χ3v) is 7.56. The molecule has 1 aromatic carbocycles. The van der Waals surface area contributed by atoms with Gasteiger partial charge in [-0.3, -0.25) is 10.1 Å². The SMILES string of the molecule is CC(C)c1nnc(NC(=O)CSc2ncnc3scc(-c4ccc(Br)cc4)c23)s1. The standard InChI is InChI=1S/C19H16BrN5OS3/c1-10(2)16-24-25-19(29-16)23-14(26)8-28-18-15-13(7-27-17(15)21-9-22-18)11-3-5-12(20)6-4-11/h3-7,9-10H,8H2,1-2H3,(H,23,25,26). The second-order valence-electron chi connectivity index (χ2n) is 6.45. The first-order chi connectivity index (χ1) is 14.0. The summed E-state index contributed by atoms with van der Waals surface area (Å²) in [7, 11) is 0. The number of nitrogens with one attached hydrogen (secondary N) is 1. The van der Waals surface area contributed by atoms with Crippen molar-refractivity contribution < 1.29 is 4.79 Å². The monoisotopic (exact) mass is 505 g/mol. The van der Waals surface area contributed by atoms with Gasteiger partial charge in [0.05, 0.1) is 11.1 Å². The van der Waals surface area contributed by atoms with E-state index in [1.54, 1.807) is 17.7 Å². The number of thioether (sulfide) groups is 1. The molecule has 0 aliphatic carbocycles. The smallest absolute Gasteiger partial charge is 0.236 e. The molecule has 0 aliphatic heterocycles. The van der Waals surface area contributed by atoms with Crippen LogP contribution in [0.5, 0.6) is 0 Å². The molecule has 0 atom stereocenters. The van der Waals surface area contributed by atoms with E-state index < -0.39 is 0 Å². The molecule has 0 bridgehead atoms. The van der Waals surface area contributed by atoms with Crippen molar-refractivity contribution in [2.45, 2.75) is 24.8 Å². The molecule has 6 nitrogen and oxygen atoms in total.